The maximum atomic E-state index is 13.5. The van der Waals surface area contributed by atoms with Crippen molar-refractivity contribution in [2.24, 2.45) is 0 Å². The quantitative estimate of drug-likeness (QED) is 0.595. The van der Waals surface area contributed by atoms with E-state index in [1.165, 1.54) is 0 Å². The molecule has 0 atom stereocenters. The lowest BCUT2D eigenvalue weighted by molar-refractivity contribution is -0.119. The molecule has 0 unspecified atom stereocenters. The summed E-state index contributed by atoms with van der Waals surface area (Å²) in [6.07, 6.45) is 0.747. The zero-order valence-corrected chi connectivity index (χ0v) is 15.2. The lowest BCUT2D eigenvalue weighted by Gasteiger charge is -2.13. The van der Waals surface area contributed by atoms with Crippen LogP contribution in [0.25, 0.3) is 0 Å². The number of anilines is 1. The molecular weight excluding hydrogens is 368 g/mol. The normalized spacial score (nSPS) is 10.4. The van der Waals surface area contributed by atoms with Gasteiger partial charge < -0.3 is 10.1 Å². The number of carbonyl (C=O) groups is 2. The molecule has 25 heavy (non-hydrogen) atoms. The van der Waals surface area contributed by atoms with Crippen molar-refractivity contribution in [1.82, 2.24) is 0 Å². The van der Waals surface area contributed by atoms with Crippen molar-refractivity contribution in [3.8, 4) is 0 Å². The molecule has 2 aromatic carbocycles. The molecule has 0 aromatic heterocycles. The summed E-state index contributed by atoms with van der Waals surface area (Å²) in [5, 5.41) is 2.47. The molecule has 2 aromatic rings. The van der Waals surface area contributed by atoms with Gasteiger partial charge >= 0.3 is 5.97 Å². The second kappa shape index (κ2) is 8.32. The molecule has 4 nitrogen and oxygen atoms in total. The Labute approximate surface area is 154 Å². The first-order valence-corrected chi connectivity index (χ1v) is 8.29. The zero-order chi connectivity index (χ0) is 18.6. The van der Waals surface area contributed by atoms with Gasteiger partial charge in [0.1, 0.15) is 5.82 Å². The smallest absolute Gasteiger partial charge is 0.340 e. The van der Waals surface area contributed by atoms with Gasteiger partial charge in [-0.25, -0.2) is 9.18 Å². The van der Waals surface area contributed by atoms with Gasteiger partial charge in [0, 0.05) is 5.69 Å². The van der Waals surface area contributed by atoms with Crippen molar-refractivity contribution in [3.05, 3.63) is 62.9 Å². The van der Waals surface area contributed by atoms with Crippen molar-refractivity contribution in [1.29, 1.82) is 0 Å². The van der Waals surface area contributed by atoms with Crippen LogP contribution in [0.1, 0.15) is 28.4 Å². The molecule has 0 aliphatic carbocycles. The number of carbonyl (C=O) groups excluding carboxylic acids is 2. The largest absolute Gasteiger partial charge is 0.452 e. The lowest BCUT2D eigenvalue weighted by Crippen LogP contribution is -2.22. The lowest BCUT2D eigenvalue weighted by atomic mass is 10.1. The number of amides is 1. The number of benzene rings is 2. The number of ether oxygens (including phenoxy) is 1. The van der Waals surface area contributed by atoms with Crippen LogP contribution in [0.2, 0.25) is 10.0 Å². The summed E-state index contributed by atoms with van der Waals surface area (Å²) in [5.74, 6) is -2.20. The van der Waals surface area contributed by atoms with Gasteiger partial charge in [0.05, 0.1) is 15.6 Å². The molecule has 2 rings (SSSR count). The standard InChI is InChI=1S/C18H16Cl2FNO3/c1-3-11-6-4-5-10(2)17(11)22-16(23)9-25-18(24)12-7-15(21)14(20)8-13(12)19/h4-8H,3,9H2,1-2H3,(H,22,23). The molecule has 0 heterocycles. The van der Waals surface area contributed by atoms with Crippen LogP contribution >= 0.6 is 23.2 Å². The Kier molecular flexibility index (Phi) is 6.39. The van der Waals surface area contributed by atoms with Gasteiger partial charge in [0.2, 0.25) is 0 Å². The monoisotopic (exact) mass is 383 g/mol. The number of esters is 1. The van der Waals surface area contributed by atoms with Crippen LogP contribution in [0, 0.1) is 12.7 Å². The Hall–Kier alpha value is -2.11. The minimum absolute atomic E-state index is 0.0519. The van der Waals surface area contributed by atoms with E-state index in [4.69, 9.17) is 27.9 Å². The van der Waals surface area contributed by atoms with E-state index in [0.29, 0.717) is 5.69 Å². The molecule has 1 N–H and O–H groups in total. The number of hydrogen-bond acceptors (Lipinski definition) is 3. The first-order valence-electron chi connectivity index (χ1n) is 7.53. The second-order valence-corrected chi connectivity index (χ2v) is 6.15. The van der Waals surface area contributed by atoms with Crippen LogP contribution in [0.4, 0.5) is 10.1 Å². The summed E-state index contributed by atoms with van der Waals surface area (Å²) in [5.41, 5.74) is 2.38. The number of halogens is 3. The van der Waals surface area contributed by atoms with Gasteiger partial charge in [-0.05, 0) is 36.6 Å². The molecule has 0 saturated heterocycles. The highest BCUT2D eigenvalue weighted by Gasteiger charge is 2.17. The predicted octanol–water partition coefficient (Wildman–Crippen LogP) is 4.80. The number of para-hydroxylation sites is 1. The molecule has 0 aliphatic heterocycles. The maximum absolute atomic E-state index is 13.5. The average molecular weight is 384 g/mol. The van der Waals surface area contributed by atoms with E-state index in [2.05, 4.69) is 5.32 Å². The number of hydrogen-bond donors (Lipinski definition) is 1. The average Bonchev–Trinajstić information content (AvgIpc) is 2.57. The van der Waals surface area contributed by atoms with Crippen LogP contribution in [0.5, 0.6) is 0 Å². The van der Waals surface area contributed by atoms with E-state index < -0.39 is 24.3 Å². The van der Waals surface area contributed by atoms with Crippen molar-refractivity contribution in [3.63, 3.8) is 0 Å². The Morgan fingerprint density at radius 3 is 2.60 bits per heavy atom. The molecule has 0 bridgehead atoms. The summed E-state index contributed by atoms with van der Waals surface area (Å²) >= 11 is 11.4. The number of rotatable bonds is 5. The molecule has 132 valence electrons. The number of nitrogens with one attached hydrogen (secondary N) is 1. The van der Waals surface area contributed by atoms with Gasteiger partial charge in [0.15, 0.2) is 6.61 Å². The molecule has 0 saturated carbocycles. The van der Waals surface area contributed by atoms with Crippen LogP contribution in [-0.4, -0.2) is 18.5 Å². The summed E-state index contributed by atoms with van der Waals surface area (Å²) in [6, 6.07) is 7.67. The topological polar surface area (TPSA) is 55.4 Å². The van der Waals surface area contributed by atoms with E-state index >= 15 is 0 Å². The molecular formula is C18H16Cl2FNO3. The first kappa shape index (κ1) is 19.2. The highest BCUT2D eigenvalue weighted by Crippen LogP contribution is 2.25. The first-order chi connectivity index (χ1) is 11.8. The second-order valence-electron chi connectivity index (χ2n) is 5.33. The zero-order valence-electron chi connectivity index (χ0n) is 13.7. The van der Waals surface area contributed by atoms with E-state index in [-0.39, 0.29) is 15.6 Å². The minimum Gasteiger partial charge on any atom is -0.452 e. The van der Waals surface area contributed by atoms with Crippen molar-refractivity contribution >= 4 is 40.8 Å². The van der Waals surface area contributed by atoms with E-state index in [9.17, 15) is 14.0 Å². The molecule has 0 spiro atoms. The summed E-state index contributed by atoms with van der Waals surface area (Å²) < 4.78 is 18.4. The minimum atomic E-state index is -0.906. The van der Waals surface area contributed by atoms with Gasteiger partial charge in [-0.15, -0.1) is 0 Å². The maximum Gasteiger partial charge on any atom is 0.340 e. The van der Waals surface area contributed by atoms with Crippen molar-refractivity contribution in [2.75, 3.05) is 11.9 Å². The summed E-state index contributed by atoms with van der Waals surface area (Å²) in [7, 11) is 0. The third kappa shape index (κ3) is 4.71. The SMILES string of the molecule is CCc1cccc(C)c1NC(=O)COC(=O)c1cc(F)c(Cl)cc1Cl. The Bertz CT molecular complexity index is 824. The van der Waals surface area contributed by atoms with Crippen LogP contribution < -0.4 is 5.32 Å². The van der Waals surface area contributed by atoms with Gasteiger partial charge in [-0.1, -0.05) is 48.3 Å². The highest BCUT2D eigenvalue weighted by atomic mass is 35.5. The Balaban J connectivity index is 2.03. The fourth-order valence-corrected chi connectivity index (χ4v) is 2.73. The molecule has 0 aliphatic rings. The van der Waals surface area contributed by atoms with E-state index in [1.54, 1.807) is 0 Å². The number of aryl methyl sites for hydroxylation is 2. The Morgan fingerprint density at radius 2 is 1.92 bits per heavy atom. The van der Waals surface area contributed by atoms with Crippen molar-refractivity contribution < 1.29 is 18.7 Å². The van der Waals surface area contributed by atoms with Gasteiger partial charge in [0.25, 0.3) is 5.91 Å². The van der Waals surface area contributed by atoms with Gasteiger partial charge in [-0.2, -0.15) is 0 Å². The Morgan fingerprint density at radius 1 is 1.20 bits per heavy atom. The molecule has 0 fully saturated rings. The highest BCUT2D eigenvalue weighted by molar-refractivity contribution is 6.36. The fourth-order valence-electron chi connectivity index (χ4n) is 2.27. The van der Waals surface area contributed by atoms with Crippen LogP contribution in [-0.2, 0) is 16.0 Å². The van der Waals surface area contributed by atoms with E-state index in [1.807, 2.05) is 32.0 Å². The molecule has 0 radical (unpaired) electrons. The third-order valence-electron chi connectivity index (χ3n) is 3.57. The van der Waals surface area contributed by atoms with Gasteiger partial charge in [-0.3, -0.25) is 4.79 Å². The van der Waals surface area contributed by atoms with Crippen molar-refractivity contribution in [2.45, 2.75) is 20.3 Å². The third-order valence-corrected chi connectivity index (χ3v) is 4.17. The van der Waals surface area contributed by atoms with E-state index in [0.717, 1.165) is 29.7 Å². The predicted molar refractivity (Wildman–Crippen MR) is 95.9 cm³/mol. The van der Waals surface area contributed by atoms with Crippen LogP contribution in [0.15, 0.2) is 30.3 Å². The fraction of sp³-hybridized carbons (Fsp3) is 0.222. The van der Waals surface area contributed by atoms with Crippen LogP contribution in [0.3, 0.4) is 0 Å². The molecule has 7 heteroatoms. The summed E-state index contributed by atoms with van der Waals surface area (Å²) in [4.78, 5) is 24.0. The molecule has 1 amide bonds. The summed E-state index contributed by atoms with van der Waals surface area (Å²) in [6.45, 7) is 3.33.